The fourth-order valence-electron chi connectivity index (χ4n) is 3.50. The number of aromatic nitrogens is 2. The van der Waals surface area contributed by atoms with Gasteiger partial charge in [-0.3, -0.25) is 14.7 Å². The molecule has 2 fully saturated rings. The van der Waals surface area contributed by atoms with Crippen LogP contribution >= 0.6 is 0 Å². The second-order valence-electron chi connectivity index (χ2n) is 7.28. The van der Waals surface area contributed by atoms with E-state index in [9.17, 15) is 4.79 Å². The molecular weight excluding hydrogens is 304 g/mol. The summed E-state index contributed by atoms with van der Waals surface area (Å²) in [6, 6.07) is 2.19. The minimum absolute atomic E-state index is 0.259. The van der Waals surface area contributed by atoms with E-state index < -0.39 is 0 Å². The van der Waals surface area contributed by atoms with Gasteiger partial charge >= 0.3 is 0 Å². The van der Waals surface area contributed by atoms with Gasteiger partial charge in [-0.15, -0.1) is 0 Å². The number of hydrogen-bond donors (Lipinski definition) is 1. The van der Waals surface area contributed by atoms with Crippen LogP contribution in [0.5, 0.6) is 0 Å². The Labute approximate surface area is 144 Å². The highest BCUT2D eigenvalue weighted by atomic mass is 16.7. The van der Waals surface area contributed by atoms with Crippen molar-refractivity contribution in [3.8, 4) is 0 Å². The Morgan fingerprint density at radius 1 is 1.33 bits per heavy atom. The van der Waals surface area contributed by atoms with E-state index in [1.165, 1.54) is 12.1 Å². The van der Waals surface area contributed by atoms with Crippen molar-refractivity contribution in [3.05, 3.63) is 17.5 Å². The van der Waals surface area contributed by atoms with E-state index in [-0.39, 0.29) is 5.91 Å². The zero-order chi connectivity index (χ0) is 16.9. The topological polar surface area (TPSA) is 61.5 Å². The fraction of sp³-hybridized carbons (Fsp3) is 0.778. The molecule has 0 radical (unpaired) electrons. The highest BCUT2D eigenvalue weighted by Gasteiger charge is 2.25. The van der Waals surface area contributed by atoms with E-state index in [0.29, 0.717) is 18.3 Å². The number of hydrogen-bond acceptors (Lipinski definition) is 4. The molecule has 3 rings (SSSR count). The zero-order valence-corrected chi connectivity index (χ0v) is 15.0. The molecule has 0 spiro atoms. The third kappa shape index (κ3) is 4.36. The fourth-order valence-corrected chi connectivity index (χ4v) is 3.50. The number of nitrogens with zero attached hydrogens (tertiary/aromatic N) is 3. The first kappa shape index (κ1) is 17.4. The van der Waals surface area contributed by atoms with Gasteiger partial charge in [0, 0.05) is 44.2 Å². The Bertz CT molecular complexity index is 529. The Hall–Kier alpha value is -1.40. The van der Waals surface area contributed by atoms with Crippen molar-refractivity contribution in [1.29, 1.82) is 0 Å². The van der Waals surface area contributed by atoms with Crippen molar-refractivity contribution >= 4 is 5.91 Å². The van der Waals surface area contributed by atoms with Crippen LogP contribution in [0.3, 0.4) is 0 Å². The van der Waals surface area contributed by atoms with Crippen LogP contribution in [0.25, 0.3) is 0 Å². The van der Waals surface area contributed by atoms with Gasteiger partial charge in [-0.1, -0.05) is 13.8 Å². The van der Waals surface area contributed by atoms with Crippen LogP contribution < -0.4 is 0 Å². The van der Waals surface area contributed by atoms with Crippen molar-refractivity contribution in [3.63, 3.8) is 0 Å². The number of likely N-dealkylation sites (tertiary alicyclic amines) is 1. The zero-order valence-electron chi connectivity index (χ0n) is 15.0. The summed E-state index contributed by atoms with van der Waals surface area (Å²) >= 11 is 0. The Morgan fingerprint density at radius 2 is 2.12 bits per heavy atom. The van der Waals surface area contributed by atoms with Gasteiger partial charge in [-0.25, -0.2) is 0 Å². The number of carbonyl (C=O) groups is 1. The summed E-state index contributed by atoms with van der Waals surface area (Å²) < 4.78 is 0. The molecular formula is C18H30N4O2. The third-order valence-electron chi connectivity index (χ3n) is 5.15. The number of hydroxylamine groups is 2. The lowest BCUT2D eigenvalue weighted by Crippen LogP contribution is -2.40. The number of H-pyrrole nitrogens is 1. The maximum absolute atomic E-state index is 12.4. The van der Waals surface area contributed by atoms with Crippen LogP contribution in [0, 0.1) is 0 Å². The molecule has 6 heteroatoms. The number of piperidine rings is 1. The first-order chi connectivity index (χ1) is 11.6. The molecule has 1 aromatic rings. The summed E-state index contributed by atoms with van der Waals surface area (Å²) in [7, 11) is 0. The van der Waals surface area contributed by atoms with Crippen LogP contribution in [0.2, 0.25) is 0 Å². The Balaban J connectivity index is 1.43. The van der Waals surface area contributed by atoms with Crippen LogP contribution in [-0.2, 0) is 9.63 Å². The van der Waals surface area contributed by atoms with E-state index in [0.717, 1.165) is 57.7 Å². The predicted molar refractivity (Wildman–Crippen MR) is 92.6 cm³/mol. The molecule has 134 valence electrons. The summed E-state index contributed by atoms with van der Waals surface area (Å²) in [4.78, 5) is 20.0. The number of nitrogens with one attached hydrogen (secondary N) is 1. The van der Waals surface area contributed by atoms with E-state index in [2.05, 4.69) is 30.1 Å². The molecule has 0 aromatic carbocycles. The second kappa shape index (κ2) is 8.12. The van der Waals surface area contributed by atoms with Crippen LogP contribution in [-0.4, -0.2) is 58.9 Å². The van der Waals surface area contributed by atoms with Gasteiger partial charge in [0.15, 0.2) is 0 Å². The normalized spacial score (nSPS) is 20.7. The van der Waals surface area contributed by atoms with Gasteiger partial charge in [-0.2, -0.15) is 10.2 Å². The second-order valence-corrected chi connectivity index (χ2v) is 7.28. The van der Waals surface area contributed by atoms with Gasteiger partial charge in [0.1, 0.15) is 0 Å². The van der Waals surface area contributed by atoms with Crippen molar-refractivity contribution < 1.29 is 9.63 Å². The van der Waals surface area contributed by atoms with Crippen LogP contribution in [0.15, 0.2) is 6.07 Å². The van der Waals surface area contributed by atoms with E-state index >= 15 is 0 Å². The lowest BCUT2D eigenvalue weighted by Gasteiger charge is -2.32. The largest absolute Gasteiger partial charge is 0.343 e. The Morgan fingerprint density at radius 3 is 2.75 bits per heavy atom. The van der Waals surface area contributed by atoms with E-state index in [4.69, 9.17) is 4.84 Å². The highest BCUT2D eigenvalue weighted by Crippen LogP contribution is 2.28. The molecule has 1 aromatic heterocycles. The molecule has 0 saturated carbocycles. The molecule has 1 N–H and O–H groups in total. The van der Waals surface area contributed by atoms with Crippen molar-refractivity contribution in [2.45, 2.75) is 57.8 Å². The molecule has 0 bridgehead atoms. The molecule has 0 atom stereocenters. The number of amides is 1. The Kier molecular flexibility index (Phi) is 5.89. The first-order valence-corrected chi connectivity index (χ1v) is 9.34. The average Bonchev–Trinajstić information content (AvgIpc) is 3.11. The number of aromatic amines is 1. The maximum atomic E-state index is 12.4. The quantitative estimate of drug-likeness (QED) is 0.899. The van der Waals surface area contributed by atoms with Gasteiger partial charge in [0.05, 0.1) is 12.3 Å². The SMILES string of the molecule is CC(C)c1cc(C2CCN(C(=O)CCN3CCCCO3)CC2)[nH]n1. The van der Waals surface area contributed by atoms with Gasteiger partial charge in [0.25, 0.3) is 0 Å². The molecule has 2 aliphatic rings. The summed E-state index contributed by atoms with van der Waals surface area (Å²) in [6.45, 7) is 8.48. The summed E-state index contributed by atoms with van der Waals surface area (Å²) in [6.07, 6.45) is 4.90. The minimum atomic E-state index is 0.259. The number of carbonyl (C=O) groups excluding carboxylic acids is 1. The van der Waals surface area contributed by atoms with Crippen LogP contribution in [0.1, 0.15) is 69.2 Å². The lowest BCUT2D eigenvalue weighted by atomic mass is 9.93. The lowest BCUT2D eigenvalue weighted by molar-refractivity contribution is -0.182. The number of rotatable bonds is 5. The van der Waals surface area contributed by atoms with Crippen molar-refractivity contribution in [2.75, 3.05) is 32.8 Å². The van der Waals surface area contributed by atoms with Gasteiger partial charge < -0.3 is 4.90 Å². The molecule has 0 unspecified atom stereocenters. The predicted octanol–water partition coefficient (Wildman–Crippen LogP) is 2.66. The van der Waals surface area contributed by atoms with Gasteiger partial charge in [-0.05, 0) is 37.7 Å². The minimum Gasteiger partial charge on any atom is -0.343 e. The molecule has 1 amide bonds. The molecule has 0 aliphatic carbocycles. The standard InChI is InChI=1S/C18H30N4O2/c1-14(2)16-13-17(20-19-16)15-5-9-21(10-6-15)18(23)7-11-22-8-3-4-12-24-22/h13-15H,3-12H2,1-2H3,(H,19,20). The molecule has 3 heterocycles. The third-order valence-corrected chi connectivity index (χ3v) is 5.15. The summed E-state index contributed by atoms with van der Waals surface area (Å²) in [5.41, 5.74) is 2.36. The van der Waals surface area contributed by atoms with Crippen molar-refractivity contribution in [1.82, 2.24) is 20.2 Å². The smallest absolute Gasteiger partial charge is 0.223 e. The average molecular weight is 334 g/mol. The maximum Gasteiger partial charge on any atom is 0.223 e. The summed E-state index contributed by atoms with van der Waals surface area (Å²) in [5, 5.41) is 9.54. The summed E-state index contributed by atoms with van der Waals surface area (Å²) in [5.74, 6) is 1.21. The van der Waals surface area contributed by atoms with E-state index in [1.54, 1.807) is 0 Å². The molecule has 6 nitrogen and oxygen atoms in total. The molecule has 2 saturated heterocycles. The van der Waals surface area contributed by atoms with Gasteiger partial charge in [0.2, 0.25) is 5.91 Å². The molecule has 24 heavy (non-hydrogen) atoms. The van der Waals surface area contributed by atoms with Crippen LogP contribution in [0.4, 0.5) is 0 Å². The van der Waals surface area contributed by atoms with Crippen molar-refractivity contribution in [2.24, 2.45) is 0 Å². The highest BCUT2D eigenvalue weighted by molar-refractivity contribution is 5.76. The van der Waals surface area contributed by atoms with E-state index in [1.807, 2.05) is 9.96 Å². The molecule has 2 aliphatic heterocycles. The monoisotopic (exact) mass is 334 g/mol. The first-order valence-electron chi connectivity index (χ1n) is 9.34.